The van der Waals surface area contributed by atoms with E-state index in [-0.39, 0.29) is 17.7 Å². The number of carbonyl (C=O) groups excluding carboxylic acids is 2. The van der Waals surface area contributed by atoms with Crippen LogP contribution in [0.1, 0.15) is 50.5 Å². The maximum atomic E-state index is 13.1. The molecule has 3 aliphatic rings. The third-order valence-electron chi connectivity index (χ3n) is 7.25. The SMILES string of the molecule is NC1C2CCCC1CC(C(=O)N1CCC(C(=O)NCc3ccccc3)CC1)C2. The van der Waals surface area contributed by atoms with Gasteiger partial charge >= 0.3 is 0 Å². The number of amides is 2. The lowest BCUT2D eigenvalue weighted by molar-refractivity contribution is -0.141. The molecule has 0 radical (unpaired) electrons. The quantitative estimate of drug-likeness (QED) is 0.839. The van der Waals surface area contributed by atoms with Crippen LogP contribution < -0.4 is 11.1 Å². The molecule has 1 aromatic rings. The largest absolute Gasteiger partial charge is 0.352 e. The Morgan fingerprint density at radius 3 is 2.25 bits per heavy atom. The fourth-order valence-electron chi connectivity index (χ4n) is 5.54. The number of hydrogen-bond donors (Lipinski definition) is 2. The van der Waals surface area contributed by atoms with E-state index in [0.717, 1.165) is 31.2 Å². The predicted octanol–water partition coefficient (Wildman–Crippen LogP) is 2.70. The number of nitrogens with two attached hydrogens (primary N) is 1. The topological polar surface area (TPSA) is 75.4 Å². The Kier molecular flexibility index (Phi) is 6.00. The first-order valence-corrected chi connectivity index (χ1v) is 11.0. The lowest BCUT2D eigenvalue weighted by Gasteiger charge is -2.45. The number of carbonyl (C=O) groups is 2. The van der Waals surface area contributed by atoms with Crippen LogP contribution in [0.5, 0.6) is 0 Å². The number of nitrogens with zero attached hydrogens (tertiary/aromatic N) is 1. The van der Waals surface area contributed by atoms with Crippen LogP contribution in [-0.4, -0.2) is 35.8 Å². The summed E-state index contributed by atoms with van der Waals surface area (Å²) in [4.78, 5) is 27.6. The average Bonchev–Trinajstić information content (AvgIpc) is 2.72. The molecule has 28 heavy (non-hydrogen) atoms. The van der Waals surface area contributed by atoms with Gasteiger partial charge < -0.3 is 16.0 Å². The van der Waals surface area contributed by atoms with Gasteiger partial charge in [0.25, 0.3) is 0 Å². The maximum absolute atomic E-state index is 13.1. The van der Waals surface area contributed by atoms with Crippen LogP contribution in [0.15, 0.2) is 30.3 Å². The Hall–Kier alpha value is -1.88. The van der Waals surface area contributed by atoms with E-state index in [0.29, 0.717) is 43.4 Å². The summed E-state index contributed by atoms with van der Waals surface area (Å²) >= 11 is 0. The molecule has 5 nitrogen and oxygen atoms in total. The second-order valence-electron chi connectivity index (χ2n) is 9.00. The van der Waals surface area contributed by atoms with E-state index in [1.807, 2.05) is 35.2 Å². The summed E-state index contributed by atoms with van der Waals surface area (Å²) in [7, 11) is 0. The van der Waals surface area contributed by atoms with Gasteiger partial charge in [0.2, 0.25) is 11.8 Å². The minimum atomic E-state index is 0.0203. The predicted molar refractivity (Wildman–Crippen MR) is 109 cm³/mol. The number of nitrogens with one attached hydrogen (secondary N) is 1. The molecule has 152 valence electrons. The number of likely N-dealkylation sites (tertiary alicyclic amines) is 1. The summed E-state index contributed by atoms with van der Waals surface area (Å²) in [6.07, 6.45) is 7.11. The molecular weight excluding hydrogens is 350 g/mol. The summed E-state index contributed by atoms with van der Waals surface area (Å²) in [6, 6.07) is 10.3. The highest BCUT2D eigenvalue weighted by atomic mass is 16.2. The lowest BCUT2D eigenvalue weighted by atomic mass is 9.65. The van der Waals surface area contributed by atoms with Gasteiger partial charge in [0.15, 0.2) is 0 Å². The van der Waals surface area contributed by atoms with Crippen molar-refractivity contribution in [2.75, 3.05) is 13.1 Å². The molecule has 3 N–H and O–H groups in total. The molecule has 1 aliphatic heterocycles. The van der Waals surface area contributed by atoms with Gasteiger partial charge in [-0.25, -0.2) is 0 Å². The van der Waals surface area contributed by atoms with Crippen molar-refractivity contribution in [2.45, 2.75) is 57.5 Å². The molecule has 0 spiro atoms. The van der Waals surface area contributed by atoms with Crippen molar-refractivity contribution in [3.8, 4) is 0 Å². The van der Waals surface area contributed by atoms with Gasteiger partial charge in [-0.1, -0.05) is 36.8 Å². The highest BCUT2D eigenvalue weighted by Gasteiger charge is 2.42. The first-order valence-electron chi connectivity index (χ1n) is 11.0. The molecule has 2 amide bonds. The Morgan fingerprint density at radius 2 is 1.61 bits per heavy atom. The van der Waals surface area contributed by atoms with Crippen molar-refractivity contribution in [3.63, 3.8) is 0 Å². The molecule has 4 rings (SSSR count). The Bertz CT molecular complexity index is 670. The van der Waals surface area contributed by atoms with Crippen LogP contribution in [0.3, 0.4) is 0 Å². The summed E-state index contributed by atoms with van der Waals surface area (Å²) in [5, 5.41) is 3.05. The van der Waals surface area contributed by atoms with E-state index in [9.17, 15) is 9.59 Å². The fourth-order valence-corrected chi connectivity index (χ4v) is 5.54. The van der Waals surface area contributed by atoms with Crippen molar-refractivity contribution in [1.82, 2.24) is 10.2 Å². The summed E-state index contributed by atoms with van der Waals surface area (Å²) in [5.41, 5.74) is 7.49. The van der Waals surface area contributed by atoms with Crippen LogP contribution in [-0.2, 0) is 16.1 Å². The zero-order chi connectivity index (χ0) is 19.5. The summed E-state index contributed by atoms with van der Waals surface area (Å²) in [5.74, 6) is 1.66. The molecule has 2 saturated carbocycles. The highest BCUT2D eigenvalue weighted by Crippen LogP contribution is 2.42. The monoisotopic (exact) mass is 383 g/mol. The molecule has 1 saturated heterocycles. The van der Waals surface area contributed by atoms with Crippen LogP contribution in [0.2, 0.25) is 0 Å². The lowest BCUT2D eigenvalue weighted by Crippen LogP contribution is -2.51. The van der Waals surface area contributed by atoms with E-state index in [2.05, 4.69) is 5.32 Å². The number of hydrogen-bond acceptors (Lipinski definition) is 3. The van der Waals surface area contributed by atoms with Crippen molar-refractivity contribution < 1.29 is 9.59 Å². The van der Waals surface area contributed by atoms with Crippen LogP contribution in [0.4, 0.5) is 0 Å². The number of fused-ring (bicyclic) bond motifs is 2. The van der Waals surface area contributed by atoms with Crippen LogP contribution in [0, 0.1) is 23.7 Å². The summed E-state index contributed by atoms with van der Waals surface area (Å²) in [6.45, 7) is 1.99. The number of piperidine rings is 1. The zero-order valence-corrected chi connectivity index (χ0v) is 16.7. The fraction of sp³-hybridized carbons (Fsp3) is 0.652. The van der Waals surface area contributed by atoms with Gasteiger partial charge in [-0.3, -0.25) is 9.59 Å². The van der Waals surface area contributed by atoms with Crippen molar-refractivity contribution in [3.05, 3.63) is 35.9 Å². The van der Waals surface area contributed by atoms with Gasteiger partial charge in [0.1, 0.15) is 0 Å². The molecule has 0 aromatic heterocycles. The minimum Gasteiger partial charge on any atom is -0.352 e. The molecule has 2 unspecified atom stereocenters. The standard InChI is InChI=1S/C23H33N3O2/c24-21-18-7-4-8-19(21)14-20(13-18)23(28)26-11-9-17(10-12-26)22(27)25-15-16-5-2-1-3-6-16/h1-3,5-6,17-21H,4,7-15,24H2,(H,25,27). The Labute approximate surface area is 168 Å². The first-order chi connectivity index (χ1) is 13.6. The van der Waals surface area contributed by atoms with Crippen molar-refractivity contribution in [2.24, 2.45) is 29.4 Å². The van der Waals surface area contributed by atoms with Crippen LogP contribution in [0.25, 0.3) is 0 Å². The smallest absolute Gasteiger partial charge is 0.225 e. The third-order valence-corrected chi connectivity index (χ3v) is 7.25. The van der Waals surface area contributed by atoms with E-state index in [1.165, 1.54) is 19.3 Å². The van der Waals surface area contributed by atoms with E-state index in [4.69, 9.17) is 5.73 Å². The van der Waals surface area contributed by atoms with Gasteiger partial charge in [-0.2, -0.15) is 0 Å². The number of rotatable bonds is 4. The molecule has 1 heterocycles. The van der Waals surface area contributed by atoms with Gasteiger partial charge in [-0.15, -0.1) is 0 Å². The Morgan fingerprint density at radius 1 is 0.964 bits per heavy atom. The molecule has 1 aromatic carbocycles. The molecule has 2 bridgehead atoms. The highest BCUT2D eigenvalue weighted by molar-refractivity contribution is 5.81. The van der Waals surface area contributed by atoms with Crippen LogP contribution >= 0.6 is 0 Å². The second-order valence-corrected chi connectivity index (χ2v) is 9.00. The second kappa shape index (κ2) is 8.64. The van der Waals surface area contributed by atoms with Gasteiger partial charge in [0.05, 0.1) is 0 Å². The zero-order valence-electron chi connectivity index (χ0n) is 16.7. The molecule has 3 fully saturated rings. The van der Waals surface area contributed by atoms with Gasteiger partial charge in [0, 0.05) is 37.5 Å². The normalized spacial score (nSPS) is 30.7. The van der Waals surface area contributed by atoms with E-state index >= 15 is 0 Å². The van der Waals surface area contributed by atoms with E-state index < -0.39 is 0 Å². The molecule has 2 aliphatic carbocycles. The van der Waals surface area contributed by atoms with Crippen molar-refractivity contribution in [1.29, 1.82) is 0 Å². The Balaban J connectivity index is 1.24. The van der Waals surface area contributed by atoms with Gasteiger partial charge in [-0.05, 0) is 55.9 Å². The molecule has 2 atom stereocenters. The minimum absolute atomic E-state index is 0.0203. The maximum Gasteiger partial charge on any atom is 0.225 e. The average molecular weight is 384 g/mol. The van der Waals surface area contributed by atoms with E-state index in [1.54, 1.807) is 0 Å². The van der Waals surface area contributed by atoms with Crippen molar-refractivity contribution >= 4 is 11.8 Å². The third kappa shape index (κ3) is 4.24. The molecule has 5 heteroatoms. The molecular formula is C23H33N3O2. The number of benzene rings is 1. The first kappa shape index (κ1) is 19.4. The summed E-state index contributed by atoms with van der Waals surface area (Å²) < 4.78 is 0.